The van der Waals surface area contributed by atoms with Crippen molar-refractivity contribution in [1.82, 2.24) is 15.2 Å². The summed E-state index contributed by atoms with van der Waals surface area (Å²) in [5.41, 5.74) is 1.78. The first-order valence-corrected chi connectivity index (χ1v) is 9.19. The highest BCUT2D eigenvalue weighted by atomic mass is 32.1. The molecule has 6 heteroatoms. The number of hydrogen-bond donors (Lipinski definition) is 1. The van der Waals surface area contributed by atoms with Crippen molar-refractivity contribution in [2.75, 3.05) is 5.32 Å². The summed E-state index contributed by atoms with van der Waals surface area (Å²) in [5, 5.41) is 13.6. The van der Waals surface area contributed by atoms with E-state index in [9.17, 15) is 4.79 Å². The Balaban J connectivity index is 1.71. The van der Waals surface area contributed by atoms with E-state index in [0.29, 0.717) is 11.0 Å². The molecule has 0 atom stereocenters. The van der Waals surface area contributed by atoms with E-state index >= 15 is 0 Å². The lowest BCUT2D eigenvalue weighted by Crippen LogP contribution is -2.07. The highest BCUT2D eigenvalue weighted by Crippen LogP contribution is 2.28. The van der Waals surface area contributed by atoms with Crippen LogP contribution >= 0.6 is 11.3 Å². The van der Waals surface area contributed by atoms with Gasteiger partial charge in [0.1, 0.15) is 5.01 Å². The first kappa shape index (κ1) is 17.2. The van der Waals surface area contributed by atoms with E-state index in [2.05, 4.69) is 34.3 Å². The molecule has 0 aliphatic carbocycles. The summed E-state index contributed by atoms with van der Waals surface area (Å²) in [6.45, 7) is 4.27. The summed E-state index contributed by atoms with van der Waals surface area (Å²) < 4.78 is 0. The summed E-state index contributed by atoms with van der Waals surface area (Å²) in [4.78, 5) is 16.5. The highest BCUT2D eigenvalue weighted by molar-refractivity contribution is 7.15. The third kappa shape index (κ3) is 4.09. The van der Waals surface area contributed by atoms with E-state index in [0.717, 1.165) is 34.3 Å². The maximum absolute atomic E-state index is 12.2. The van der Waals surface area contributed by atoms with Crippen molar-refractivity contribution in [2.45, 2.75) is 32.6 Å². The van der Waals surface area contributed by atoms with E-state index in [-0.39, 0.29) is 5.91 Å². The Morgan fingerprint density at radius 1 is 1.20 bits per heavy atom. The predicted molar refractivity (Wildman–Crippen MR) is 103 cm³/mol. The van der Waals surface area contributed by atoms with Crippen LogP contribution in [0.5, 0.6) is 0 Å². The van der Waals surface area contributed by atoms with Gasteiger partial charge in [-0.05, 0) is 25.0 Å². The number of carbonyl (C=O) groups is 1. The Morgan fingerprint density at radius 2 is 2.00 bits per heavy atom. The molecule has 0 saturated carbocycles. The summed E-state index contributed by atoms with van der Waals surface area (Å²) >= 11 is 1.44. The molecule has 0 radical (unpaired) electrons. The Labute approximate surface area is 150 Å². The molecule has 0 unspecified atom stereocenters. The molecular formula is C19H20N4OS. The highest BCUT2D eigenvalue weighted by Gasteiger charge is 2.13. The van der Waals surface area contributed by atoms with Gasteiger partial charge < -0.3 is 0 Å². The molecule has 3 rings (SSSR count). The zero-order chi connectivity index (χ0) is 17.6. The van der Waals surface area contributed by atoms with Gasteiger partial charge in [-0.2, -0.15) is 0 Å². The molecule has 0 aliphatic rings. The number of benzene rings is 1. The van der Waals surface area contributed by atoms with E-state index in [1.54, 1.807) is 12.3 Å². The number of fused-ring (bicyclic) bond motifs is 1. The van der Waals surface area contributed by atoms with Crippen LogP contribution in [0.15, 0.2) is 42.6 Å². The number of carbonyl (C=O) groups excluding carboxylic acids is 1. The molecule has 0 spiro atoms. The smallest absolute Gasteiger partial charge is 0.250 e. The zero-order valence-corrected chi connectivity index (χ0v) is 15.1. The van der Waals surface area contributed by atoms with Crippen LogP contribution in [-0.4, -0.2) is 21.1 Å². The Morgan fingerprint density at radius 3 is 2.80 bits per heavy atom. The minimum Gasteiger partial charge on any atom is -0.297 e. The molecule has 1 amide bonds. The molecule has 2 aromatic heterocycles. The van der Waals surface area contributed by atoms with Gasteiger partial charge in [0.2, 0.25) is 11.0 Å². The quantitative estimate of drug-likeness (QED) is 0.656. The minimum atomic E-state index is -0.222. The topological polar surface area (TPSA) is 67.8 Å². The number of aromatic nitrogens is 3. The van der Waals surface area contributed by atoms with Crippen LogP contribution in [0.4, 0.5) is 5.13 Å². The van der Waals surface area contributed by atoms with Gasteiger partial charge in [0.15, 0.2) is 0 Å². The summed E-state index contributed by atoms with van der Waals surface area (Å²) in [7, 11) is 0. The van der Waals surface area contributed by atoms with Crippen LogP contribution < -0.4 is 5.32 Å². The van der Waals surface area contributed by atoms with Crippen molar-refractivity contribution in [2.24, 2.45) is 0 Å². The SMILES string of the molecule is CCC(CC)c1nnc(NC(=O)/C=C/c2cccc3cccnc23)s1. The second-order valence-corrected chi connectivity index (χ2v) is 6.71. The fraction of sp³-hybridized carbons (Fsp3) is 0.263. The first-order valence-electron chi connectivity index (χ1n) is 8.37. The van der Waals surface area contributed by atoms with E-state index in [1.807, 2.05) is 30.3 Å². The van der Waals surface area contributed by atoms with Gasteiger partial charge in [-0.25, -0.2) is 0 Å². The molecule has 0 saturated heterocycles. The van der Waals surface area contributed by atoms with Gasteiger partial charge in [0.05, 0.1) is 5.52 Å². The van der Waals surface area contributed by atoms with Crippen LogP contribution in [0.1, 0.15) is 43.2 Å². The number of nitrogens with zero attached hydrogens (tertiary/aromatic N) is 3. The predicted octanol–water partition coefficient (Wildman–Crippen LogP) is 4.64. The Bertz CT molecular complexity index is 894. The van der Waals surface area contributed by atoms with Crippen molar-refractivity contribution < 1.29 is 4.79 Å². The van der Waals surface area contributed by atoms with E-state index in [1.165, 1.54) is 17.4 Å². The maximum atomic E-state index is 12.2. The van der Waals surface area contributed by atoms with Gasteiger partial charge >= 0.3 is 0 Å². The lowest BCUT2D eigenvalue weighted by atomic mass is 10.1. The third-order valence-corrected chi connectivity index (χ3v) is 5.08. The fourth-order valence-corrected chi connectivity index (χ4v) is 3.68. The van der Waals surface area contributed by atoms with Gasteiger partial charge in [0.25, 0.3) is 0 Å². The van der Waals surface area contributed by atoms with Crippen molar-refractivity contribution in [1.29, 1.82) is 0 Å². The number of pyridine rings is 1. The second kappa shape index (κ2) is 7.98. The number of anilines is 1. The number of amides is 1. The van der Waals surface area contributed by atoms with Crippen LogP contribution in [0.3, 0.4) is 0 Å². The van der Waals surface area contributed by atoms with Crippen molar-refractivity contribution in [3.05, 3.63) is 53.2 Å². The number of rotatable bonds is 6. The normalized spacial score (nSPS) is 11.5. The molecule has 5 nitrogen and oxygen atoms in total. The van der Waals surface area contributed by atoms with Gasteiger partial charge in [0, 0.05) is 29.1 Å². The molecular weight excluding hydrogens is 332 g/mol. The molecule has 1 N–H and O–H groups in total. The molecule has 0 bridgehead atoms. The second-order valence-electron chi connectivity index (χ2n) is 5.70. The zero-order valence-electron chi connectivity index (χ0n) is 14.3. The van der Waals surface area contributed by atoms with Crippen molar-refractivity contribution >= 4 is 39.4 Å². The first-order chi connectivity index (χ1) is 12.2. The lowest BCUT2D eigenvalue weighted by Gasteiger charge is -2.05. The minimum absolute atomic E-state index is 0.222. The molecule has 2 heterocycles. The molecule has 25 heavy (non-hydrogen) atoms. The number of hydrogen-bond acceptors (Lipinski definition) is 5. The summed E-state index contributed by atoms with van der Waals surface area (Å²) in [5.74, 6) is 0.181. The van der Waals surface area contributed by atoms with Crippen molar-refractivity contribution in [3.63, 3.8) is 0 Å². The van der Waals surface area contributed by atoms with Crippen LogP contribution in [-0.2, 0) is 4.79 Å². The number of nitrogens with one attached hydrogen (secondary N) is 1. The van der Waals surface area contributed by atoms with Crippen LogP contribution in [0.2, 0.25) is 0 Å². The van der Waals surface area contributed by atoms with Gasteiger partial charge in [-0.15, -0.1) is 10.2 Å². The Hall–Kier alpha value is -2.60. The average Bonchev–Trinajstić information content (AvgIpc) is 3.09. The maximum Gasteiger partial charge on any atom is 0.250 e. The van der Waals surface area contributed by atoms with Gasteiger partial charge in [-0.3, -0.25) is 15.1 Å². The Kier molecular flexibility index (Phi) is 5.50. The summed E-state index contributed by atoms with van der Waals surface area (Å²) in [6, 6.07) is 9.79. The number of para-hydroxylation sites is 1. The molecule has 128 valence electrons. The largest absolute Gasteiger partial charge is 0.297 e. The average molecular weight is 352 g/mol. The van der Waals surface area contributed by atoms with Crippen molar-refractivity contribution in [3.8, 4) is 0 Å². The van der Waals surface area contributed by atoms with Crippen LogP contribution in [0.25, 0.3) is 17.0 Å². The molecule has 0 fully saturated rings. The van der Waals surface area contributed by atoms with E-state index < -0.39 is 0 Å². The molecule has 1 aromatic carbocycles. The van der Waals surface area contributed by atoms with Gasteiger partial charge in [-0.1, -0.05) is 49.4 Å². The molecule has 3 aromatic rings. The third-order valence-electron chi connectivity index (χ3n) is 4.08. The fourth-order valence-electron chi connectivity index (χ4n) is 2.66. The monoisotopic (exact) mass is 352 g/mol. The van der Waals surface area contributed by atoms with E-state index in [4.69, 9.17) is 0 Å². The standard InChI is InChI=1S/C19H20N4OS/c1-3-13(4-2)18-22-23-19(25-18)21-16(24)11-10-15-8-5-7-14-9-6-12-20-17(14)15/h5-13H,3-4H2,1-2H3,(H,21,23,24)/b11-10+. The molecule has 0 aliphatic heterocycles. The lowest BCUT2D eigenvalue weighted by molar-refractivity contribution is -0.111. The van der Waals surface area contributed by atoms with Crippen LogP contribution in [0, 0.1) is 0 Å². The summed E-state index contributed by atoms with van der Waals surface area (Å²) in [6.07, 6.45) is 7.07.